The molecule has 0 saturated heterocycles. The first-order valence-electron chi connectivity index (χ1n) is 6.80. The monoisotopic (exact) mass is 296 g/mol. The van der Waals surface area contributed by atoms with Gasteiger partial charge in [0.25, 0.3) is 0 Å². The fourth-order valence-corrected chi connectivity index (χ4v) is 2.01. The summed E-state index contributed by atoms with van der Waals surface area (Å²) in [4.78, 5) is 23.2. The lowest BCUT2D eigenvalue weighted by Crippen LogP contribution is -2.16. The number of rotatable bonds is 6. The molecule has 0 aliphatic heterocycles. The van der Waals surface area contributed by atoms with Crippen LogP contribution in [0.25, 0.3) is 0 Å². The summed E-state index contributed by atoms with van der Waals surface area (Å²) < 4.78 is 10.00. The maximum Gasteiger partial charge on any atom is 0.321 e. The van der Waals surface area contributed by atoms with Gasteiger partial charge in [-0.05, 0) is 11.1 Å². The van der Waals surface area contributed by atoms with Gasteiger partial charge in [-0.1, -0.05) is 67.2 Å². The summed E-state index contributed by atoms with van der Waals surface area (Å²) in [7, 11) is 0. The smallest absolute Gasteiger partial charge is 0.321 e. The second-order valence-electron chi connectivity index (χ2n) is 4.52. The van der Waals surface area contributed by atoms with Crippen molar-refractivity contribution in [3.63, 3.8) is 0 Å². The summed E-state index contributed by atoms with van der Waals surface area (Å²) in [5.74, 6) is -1.34. The fraction of sp³-hybridized carbons (Fsp3) is 0.111. The SMILES string of the molecule is C=COC(=O)CC(=O)OC(c1ccccc1)c1ccccc1. The van der Waals surface area contributed by atoms with E-state index in [4.69, 9.17) is 4.74 Å². The molecule has 4 heteroatoms. The second kappa shape index (κ2) is 7.78. The van der Waals surface area contributed by atoms with Gasteiger partial charge in [0.1, 0.15) is 6.42 Å². The van der Waals surface area contributed by atoms with Crippen molar-refractivity contribution in [2.24, 2.45) is 0 Å². The van der Waals surface area contributed by atoms with E-state index in [1.807, 2.05) is 60.7 Å². The van der Waals surface area contributed by atoms with Crippen LogP contribution in [-0.4, -0.2) is 11.9 Å². The third-order valence-corrected chi connectivity index (χ3v) is 2.96. The van der Waals surface area contributed by atoms with Crippen molar-refractivity contribution in [1.82, 2.24) is 0 Å². The molecule has 112 valence electrons. The first-order valence-corrected chi connectivity index (χ1v) is 6.80. The van der Waals surface area contributed by atoms with Crippen LogP contribution in [0.15, 0.2) is 73.5 Å². The Balaban J connectivity index is 2.17. The molecule has 0 aliphatic rings. The van der Waals surface area contributed by atoms with Crippen LogP contribution in [0, 0.1) is 0 Å². The zero-order chi connectivity index (χ0) is 15.8. The molecule has 0 amide bonds. The van der Waals surface area contributed by atoms with Gasteiger partial charge < -0.3 is 9.47 Å². The average molecular weight is 296 g/mol. The molecule has 4 nitrogen and oxygen atoms in total. The summed E-state index contributed by atoms with van der Waals surface area (Å²) in [6.07, 6.45) is -0.0321. The van der Waals surface area contributed by atoms with Gasteiger partial charge in [0.05, 0.1) is 6.26 Å². The van der Waals surface area contributed by atoms with Crippen molar-refractivity contribution < 1.29 is 19.1 Å². The molecule has 0 heterocycles. The van der Waals surface area contributed by atoms with Gasteiger partial charge in [-0.3, -0.25) is 9.59 Å². The zero-order valence-electron chi connectivity index (χ0n) is 12.0. The summed E-state index contributed by atoms with van der Waals surface area (Å²) in [6.45, 7) is 3.27. The molecule has 0 N–H and O–H groups in total. The van der Waals surface area contributed by atoms with Crippen LogP contribution in [0.2, 0.25) is 0 Å². The molecule has 0 aromatic heterocycles. The molecule has 0 radical (unpaired) electrons. The molecule has 22 heavy (non-hydrogen) atoms. The van der Waals surface area contributed by atoms with Crippen molar-refractivity contribution in [1.29, 1.82) is 0 Å². The van der Waals surface area contributed by atoms with Gasteiger partial charge in [-0.15, -0.1) is 0 Å². The van der Waals surface area contributed by atoms with Crippen LogP contribution in [0.5, 0.6) is 0 Å². The Labute approximate surface area is 129 Å². The van der Waals surface area contributed by atoms with E-state index in [1.54, 1.807) is 0 Å². The van der Waals surface area contributed by atoms with E-state index in [-0.39, 0.29) is 0 Å². The topological polar surface area (TPSA) is 52.6 Å². The normalized spacial score (nSPS) is 10.0. The third kappa shape index (κ3) is 4.31. The van der Waals surface area contributed by atoms with E-state index >= 15 is 0 Å². The molecule has 0 bridgehead atoms. The maximum atomic E-state index is 11.9. The van der Waals surface area contributed by atoms with E-state index in [0.717, 1.165) is 17.4 Å². The number of benzene rings is 2. The van der Waals surface area contributed by atoms with Crippen LogP contribution in [0.4, 0.5) is 0 Å². The highest BCUT2D eigenvalue weighted by molar-refractivity contribution is 5.91. The lowest BCUT2D eigenvalue weighted by molar-refractivity contribution is -0.154. The summed E-state index contributed by atoms with van der Waals surface area (Å²) in [5.41, 5.74) is 1.67. The van der Waals surface area contributed by atoms with E-state index in [0.29, 0.717) is 0 Å². The predicted octanol–water partition coefficient (Wildman–Crippen LogP) is 3.40. The zero-order valence-corrected chi connectivity index (χ0v) is 12.0. The van der Waals surface area contributed by atoms with E-state index in [2.05, 4.69) is 11.3 Å². The Bertz CT molecular complexity index is 595. The predicted molar refractivity (Wildman–Crippen MR) is 81.7 cm³/mol. The highest BCUT2D eigenvalue weighted by atomic mass is 16.6. The fourth-order valence-electron chi connectivity index (χ4n) is 2.01. The number of carbonyl (C=O) groups excluding carboxylic acids is 2. The molecule has 0 spiro atoms. The summed E-state index contributed by atoms with van der Waals surface area (Å²) in [5, 5.41) is 0. The Morgan fingerprint density at radius 1 is 0.909 bits per heavy atom. The van der Waals surface area contributed by atoms with E-state index in [1.165, 1.54) is 0 Å². The molecular formula is C18H16O4. The number of hydrogen-bond acceptors (Lipinski definition) is 4. The molecule has 2 aromatic rings. The lowest BCUT2D eigenvalue weighted by Gasteiger charge is -2.18. The quantitative estimate of drug-likeness (QED) is 0.466. The van der Waals surface area contributed by atoms with Crippen molar-refractivity contribution in [3.05, 3.63) is 84.6 Å². The molecule has 0 saturated carbocycles. The second-order valence-corrected chi connectivity index (χ2v) is 4.52. The highest BCUT2D eigenvalue weighted by Gasteiger charge is 2.20. The molecule has 0 unspecified atom stereocenters. The van der Waals surface area contributed by atoms with Gasteiger partial charge in [0.2, 0.25) is 0 Å². The number of esters is 2. The Hall–Kier alpha value is -2.88. The molecule has 2 aromatic carbocycles. The van der Waals surface area contributed by atoms with Gasteiger partial charge in [-0.2, -0.15) is 0 Å². The first kappa shape index (κ1) is 15.5. The van der Waals surface area contributed by atoms with E-state index < -0.39 is 24.5 Å². The Morgan fingerprint density at radius 2 is 1.41 bits per heavy atom. The maximum absolute atomic E-state index is 11.9. The summed E-state index contributed by atoms with van der Waals surface area (Å²) >= 11 is 0. The Kier molecular flexibility index (Phi) is 5.49. The van der Waals surface area contributed by atoms with Crippen molar-refractivity contribution in [2.75, 3.05) is 0 Å². The van der Waals surface area contributed by atoms with Gasteiger partial charge in [-0.25, -0.2) is 0 Å². The molecule has 0 atom stereocenters. The molecule has 2 rings (SSSR count). The van der Waals surface area contributed by atoms with Crippen molar-refractivity contribution >= 4 is 11.9 Å². The minimum atomic E-state index is -0.695. The molecule has 0 fully saturated rings. The largest absolute Gasteiger partial charge is 0.452 e. The minimum absolute atomic E-state index is 0.456. The highest BCUT2D eigenvalue weighted by Crippen LogP contribution is 2.26. The van der Waals surface area contributed by atoms with Crippen LogP contribution < -0.4 is 0 Å². The Morgan fingerprint density at radius 3 is 1.86 bits per heavy atom. The van der Waals surface area contributed by atoms with Gasteiger partial charge >= 0.3 is 11.9 Å². The van der Waals surface area contributed by atoms with Crippen molar-refractivity contribution in [2.45, 2.75) is 12.5 Å². The van der Waals surface area contributed by atoms with Crippen LogP contribution in [0.3, 0.4) is 0 Å². The molecule has 0 aliphatic carbocycles. The lowest BCUT2D eigenvalue weighted by atomic mass is 10.0. The number of carbonyl (C=O) groups is 2. The average Bonchev–Trinajstić information content (AvgIpc) is 2.54. The van der Waals surface area contributed by atoms with Crippen molar-refractivity contribution in [3.8, 4) is 0 Å². The van der Waals surface area contributed by atoms with Crippen LogP contribution >= 0.6 is 0 Å². The summed E-state index contributed by atoms with van der Waals surface area (Å²) in [6, 6.07) is 18.7. The number of hydrogen-bond donors (Lipinski definition) is 0. The van der Waals surface area contributed by atoms with Crippen LogP contribution in [-0.2, 0) is 19.1 Å². The minimum Gasteiger partial charge on any atom is -0.452 e. The standard InChI is InChI=1S/C18H16O4/c1-2-21-16(19)13-17(20)22-18(14-9-5-3-6-10-14)15-11-7-4-8-12-15/h2-12,18H,1,13H2. The van der Waals surface area contributed by atoms with E-state index in [9.17, 15) is 9.59 Å². The molecular weight excluding hydrogens is 280 g/mol. The third-order valence-electron chi connectivity index (χ3n) is 2.96. The number of ether oxygens (including phenoxy) is 2. The first-order chi connectivity index (χ1) is 10.7. The van der Waals surface area contributed by atoms with Crippen LogP contribution in [0.1, 0.15) is 23.7 Å². The van der Waals surface area contributed by atoms with Gasteiger partial charge in [0, 0.05) is 0 Å². The van der Waals surface area contributed by atoms with Gasteiger partial charge in [0.15, 0.2) is 6.10 Å².